The lowest BCUT2D eigenvalue weighted by Crippen LogP contribution is -2.19. The van der Waals surface area contributed by atoms with Crippen LogP contribution in [0.3, 0.4) is 0 Å². The molecular weight excluding hydrogens is 367 g/mol. The highest BCUT2D eigenvalue weighted by molar-refractivity contribution is 14.1. The van der Waals surface area contributed by atoms with Crippen molar-refractivity contribution in [3.05, 3.63) is 73.3 Å². The molecule has 0 aliphatic heterocycles. The van der Waals surface area contributed by atoms with Crippen LogP contribution in [-0.4, -0.2) is 12.0 Å². The number of non-ortho nitro benzene ring substituents is 1. The van der Waals surface area contributed by atoms with Gasteiger partial charge in [0.05, 0.1) is 4.92 Å². The van der Waals surface area contributed by atoms with Crippen LogP contribution in [0.5, 0.6) is 0 Å². The predicted octanol–water partition coefficient (Wildman–Crippen LogP) is 3.70. The largest absolute Gasteiger partial charge is 0.313 e. The monoisotopic (exact) mass is 382 g/mol. The van der Waals surface area contributed by atoms with Crippen LogP contribution in [0.4, 0.5) is 5.69 Å². The van der Waals surface area contributed by atoms with Crippen molar-refractivity contribution in [3.8, 4) is 0 Å². The van der Waals surface area contributed by atoms with Gasteiger partial charge in [-0.2, -0.15) is 0 Å². The van der Waals surface area contributed by atoms with E-state index in [4.69, 9.17) is 0 Å². The van der Waals surface area contributed by atoms with Crippen molar-refractivity contribution >= 4 is 28.3 Å². The molecule has 2 aromatic rings. The summed E-state index contributed by atoms with van der Waals surface area (Å²) in [6.07, 6.45) is 0.800. The normalized spacial score (nSPS) is 12.1. The van der Waals surface area contributed by atoms with Crippen molar-refractivity contribution in [2.24, 2.45) is 0 Å². The highest BCUT2D eigenvalue weighted by Gasteiger charge is 2.13. The summed E-state index contributed by atoms with van der Waals surface area (Å²) in [5, 5.41) is 14.0. The summed E-state index contributed by atoms with van der Waals surface area (Å²) in [4.78, 5) is 10.3. The topological polar surface area (TPSA) is 55.2 Å². The van der Waals surface area contributed by atoms with E-state index in [0.29, 0.717) is 0 Å². The molecule has 0 aromatic heterocycles. The molecule has 2 aromatic carbocycles. The summed E-state index contributed by atoms with van der Waals surface area (Å²) in [7, 11) is 1.93. The lowest BCUT2D eigenvalue weighted by Gasteiger charge is -2.18. The van der Waals surface area contributed by atoms with E-state index >= 15 is 0 Å². The molecule has 5 heteroatoms. The van der Waals surface area contributed by atoms with Crippen LogP contribution in [0.1, 0.15) is 17.2 Å². The molecule has 0 aliphatic rings. The van der Waals surface area contributed by atoms with Gasteiger partial charge >= 0.3 is 0 Å². The quantitative estimate of drug-likeness (QED) is 0.488. The number of hydrogen-bond acceptors (Lipinski definition) is 3. The summed E-state index contributed by atoms with van der Waals surface area (Å²) in [5.74, 6) is 0. The Morgan fingerprint density at radius 2 is 1.85 bits per heavy atom. The van der Waals surface area contributed by atoms with E-state index in [9.17, 15) is 10.1 Å². The van der Waals surface area contributed by atoms with Crippen LogP contribution in [0, 0.1) is 13.7 Å². The molecule has 1 N–H and O–H groups in total. The van der Waals surface area contributed by atoms with Crippen molar-refractivity contribution in [2.75, 3.05) is 7.05 Å². The fraction of sp³-hybridized carbons (Fsp3) is 0.200. The maximum absolute atomic E-state index is 10.6. The molecule has 0 heterocycles. The SMILES string of the molecule is CNC(Cc1ccc([N+](=O)[O-])cc1)c1ccccc1I. The predicted molar refractivity (Wildman–Crippen MR) is 87.8 cm³/mol. The first-order valence-corrected chi connectivity index (χ1v) is 7.34. The molecule has 20 heavy (non-hydrogen) atoms. The van der Waals surface area contributed by atoms with Crippen LogP contribution in [0.15, 0.2) is 48.5 Å². The standard InChI is InChI=1S/C15H15IN2O2/c1-17-15(13-4-2-3-5-14(13)16)10-11-6-8-12(9-7-11)18(19)20/h2-9,15,17H,10H2,1H3. The Bertz CT molecular complexity index is 599. The van der Waals surface area contributed by atoms with Crippen molar-refractivity contribution in [1.29, 1.82) is 0 Å². The van der Waals surface area contributed by atoms with Crippen molar-refractivity contribution in [1.82, 2.24) is 5.32 Å². The Morgan fingerprint density at radius 3 is 2.40 bits per heavy atom. The van der Waals surface area contributed by atoms with Gasteiger partial charge in [0.25, 0.3) is 5.69 Å². The number of hydrogen-bond donors (Lipinski definition) is 1. The first-order chi connectivity index (χ1) is 9.61. The maximum atomic E-state index is 10.6. The molecule has 104 valence electrons. The van der Waals surface area contributed by atoms with Gasteiger partial charge in [-0.15, -0.1) is 0 Å². The van der Waals surface area contributed by atoms with Crippen LogP contribution < -0.4 is 5.32 Å². The second kappa shape index (κ2) is 6.81. The number of nitrogens with zero attached hydrogens (tertiary/aromatic N) is 1. The third kappa shape index (κ3) is 3.55. The zero-order valence-electron chi connectivity index (χ0n) is 11.0. The van der Waals surface area contributed by atoms with Crippen molar-refractivity contribution < 1.29 is 4.92 Å². The highest BCUT2D eigenvalue weighted by atomic mass is 127. The average Bonchev–Trinajstić information content (AvgIpc) is 2.46. The number of rotatable bonds is 5. The minimum Gasteiger partial charge on any atom is -0.313 e. The fourth-order valence-corrected chi connectivity index (χ4v) is 2.88. The first kappa shape index (κ1) is 14.9. The van der Waals surface area contributed by atoms with Gasteiger partial charge in [0.2, 0.25) is 0 Å². The Labute approximate surface area is 131 Å². The van der Waals surface area contributed by atoms with E-state index < -0.39 is 0 Å². The van der Waals surface area contributed by atoms with Gasteiger partial charge < -0.3 is 5.32 Å². The highest BCUT2D eigenvalue weighted by Crippen LogP contribution is 2.24. The number of nitro groups is 1. The molecule has 0 amide bonds. The van der Waals surface area contributed by atoms with E-state index in [2.05, 4.69) is 40.0 Å². The molecule has 4 nitrogen and oxygen atoms in total. The van der Waals surface area contributed by atoms with Crippen LogP contribution in [0.2, 0.25) is 0 Å². The fourth-order valence-electron chi connectivity index (χ4n) is 2.11. The Balaban J connectivity index is 2.18. The summed E-state index contributed by atoms with van der Waals surface area (Å²) in [6, 6.07) is 15.2. The molecule has 0 bridgehead atoms. The molecule has 2 rings (SSSR count). The number of benzene rings is 2. The minimum atomic E-state index is -0.376. The summed E-state index contributed by atoms with van der Waals surface area (Å²) in [5.41, 5.74) is 2.45. The third-order valence-corrected chi connectivity index (χ3v) is 4.20. The molecule has 0 spiro atoms. The number of halogens is 1. The molecular formula is C15H15IN2O2. The van der Waals surface area contributed by atoms with Gasteiger partial charge in [-0.1, -0.05) is 30.3 Å². The summed E-state index contributed by atoms with van der Waals surface area (Å²) < 4.78 is 1.21. The molecule has 1 atom stereocenters. The van der Waals surface area contributed by atoms with Gasteiger partial charge in [0.1, 0.15) is 0 Å². The maximum Gasteiger partial charge on any atom is 0.269 e. The van der Waals surface area contributed by atoms with Crippen LogP contribution >= 0.6 is 22.6 Å². The van der Waals surface area contributed by atoms with Crippen molar-refractivity contribution in [2.45, 2.75) is 12.5 Å². The molecule has 0 fully saturated rings. The summed E-state index contributed by atoms with van der Waals surface area (Å²) in [6.45, 7) is 0. The lowest BCUT2D eigenvalue weighted by molar-refractivity contribution is -0.384. The second-order valence-electron chi connectivity index (χ2n) is 4.49. The second-order valence-corrected chi connectivity index (χ2v) is 5.65. The van der Waals surface area contributed by atoms with E-state index in [1.54, 1.807) is 12.1 Å². The van der Waals surface area contributed by atoms with E-state index in [1.807, 2.05) is 31.3 Å². The van der Waals surface area contributed by atoms with Gasteiger partial charge in [0.15, 0.2) is 0 Å². The lowest BCUT2D eigenvalue weighted by atomic mass is 9.99. The van der Waals surface area contributed by atoms with Crippen molar-refractivity contribution in [3.63, 3.8) is 0 Å². The Morgan fingerprint density at radius 1 is 1.20 bits per heavy atom. The smallest absolute Gasteiger partial charge is 0.269 e. The zero-order chi connectivity index (χ0) is 14.5. The Hall–Kier alpha value is -1.47. The molecule has 0 aliphatic carbocycles. The van der Waals surface area contributed by atoms with Gasteiger partial charge in [0, 0.05) is 21.7 Å². The minimum absolute atomic E-state index is 0.129. The van der Waals surface area contributed by atoms with E-state index in [-0.39, 0.29) is 16.7 Å². The first-order valence-electron chi connectivity index (χ1n) is 6.27. The Kier molecular flexibility index (Phi) is 5.08. The molecule has 0 radical (unpaired) electrons. The van der Waals surface area contributed by atoms with Gasteiger partial charge in [-0.25, -0.2) is 0 Å². The molecule has 1 unspecified atom stereocenters. The van der Waals surface area contributed by atoms with Crippen LogP contribution in [0.25, 0.3) is 0 Å². The zero-order valence-corrected chi connectivity index (χ0v) is 13.2. The van der Waals surface area contributed by atoms with Gasteiger partial charge in [-0.05, 0) is 53.3 Å². The van der Waals surface area contributed by atoms with Crippen LogP contribution in [-0.2, 0) is 6.42 Å². The number of nitro benzene ring substituents is 1. The third-order valence-electron chi connectivity index (χ3n) is 3.22. The number of likely N-dealkylation sites (N-methyl/N-ethyl adjacent to an activating group) is 1. The van der Waals surface area contributed by atoms with E-state index in [1.165, 1.54) is 9.13 Å². The molecule has 0 saturated carbocycles. The summed E-state index contributed by atoms with van der Waals surface area (Å²) >= 11 is 2.33. The molecule has 0 saturated heterocycles. The van der Waals surface area contributed by atoms with E-state index in [0.717, 1.165) is 12.0 Å². The number of nitrogens with one attached hydrogen (secondary N) is 1. The average molecular weight is 382 g/mol. The van der Waals surface area contributed by atoms with Gasteiger partial charge in [-0.3, -0.25) is 10.1 Å².